The van der Waals surface area contributed by atoms with Gasteiger partial charge in [0.05, 0.1) is 0 Å². The van der Waals surface area contributed by atoms with Crippen LogP contribution in [0.25, 0.3) is 65.7 Å². The van der Waals surface area contributed by atoms with Crippen LogP contribution in [-0.2, 0) is 0 Å². The van der Waals surface area contributed by atoms with Gasteiger partial charge in [0.15, 0.2) is 0 Å². The Bertz CT molecular complexity index is 2800. The van der Waals surface area contributed by atoms with Gasteiger partial charge in [-0.2, -0.15) is 0 Å². The molecule has 1 aromatic heterocycles. The molecule has 6 aromatic carbocycles. The van der Waals surface area contributed by atoms with Gasteiger partial charge in [0, 0.05) is 24.2 Å². The summed E-state index contributed by atoms with van der Waals surface area (Å²) in [6, 6.07) is 47.2. The highest BCUT2D eigenvalue weighted by Gasteiger charge is 2.26. The summed E-state index contributed by atoms with van der Waals surface area (Å²) in [7, 11) is 0. The second-order valence-corrected chi connectivity index (χ2v) is 15.7. The Morgan fingerprint density at radius 1 is 0.544 bits per heavy atom. The average Bonchev–Trinajstić information content (AvgIpc) is 3.53. The third-order valence-electron chi connectivity index (χ3n) is 12.5. The lowest BCUT2D eigenvalue weighted by atomic mass is 9.75. The maximum absolute atomic E-state index is 4.39. The number of fused-ring (bicyclic) bond motifs is 6. The molecule has 0 amide bonds. The molecule has 2 aliphatic rings. The summed E-state index contributed by atoms with van der Waals surface area (Å²) in [5.41, 5.74) is 14.1. The van der Waals surface area contributed by atoms with Gasteiger partial charge in [-0.1, -0.05) is 166 Å². The molecule has 9 rings (SSSR count). The predicted octanol–water partition coefficient (Wildman–Crippen LogP) is 15.4. The van der Waals surface area contributed by atoms with E-state index in [0.717, 1.165) is 12.8 Å². The average molecular weight is 736 g/mol. The highest BCUT2D eigenvalue weighted by atomic mass is 14.6. The molecule has 57 heavy (non-hydrogen) atoms. The van der Waals surface area contributed by atoms with E-state index in [1.54, 1.807) is 0 Å². The zero-order valence-electron chi connectivity index (χ0n) is 33.4. The van der Waals surface area contributed by atoms with Crippen molar-refractivity contribution in [3.8, 4) is 22.3 Å². The number of rotatable bonds is 7. The minimum absolute atomic E-state index is 0.195. The van der Waals surface area contributed by atoms with Gasteiger partial charge < -0.3 is 0 Å². The van der Waals surface area contributed by atoms with Gasteiger partial charge >= 0.3 is 0 Å². The second-order valence-electron chi connectivity index (χ2n) is 15.7. The summed E-state index contributed by atoms with van der Waals surface area (Å²) in [6.07, 6.45) is 22.6. The van der Waals surface area contributed by atoms with E-state index in [-0.39, 0.29) is 11.8 Å². The smallest absolute Gasteiger partial charge is 0.0273 e. The van der Waals surface area contributed by atoms with Crippen LogP contribution >= 0.6 is 0 Å². The number of allylic oxidation sites excluding steroid dienone is 12. The summed E-state index contributed by atoms with van der Waals surface area (Å²) in [6.45, 7) is 9.33. The largest absolute Gasteiger partial charge is 0.265 e. The number of hydrogen-bond acceptors (Lipinski definition) is 1. The van der Waals surface area contributed by atoms with Crippen LogP contribution in [0.1, 0.15) is 51.7 Å². The molecule has 1 nitrogen and oxygen atoms in total. The number of aromatic nitrogens is 1. The molecule has 0 unspecified atom stereocenters. The Hall–Kier alpha value is -6.31. The molecule has 0 fully saturated rings. The SMILES string of the molecule is CC[C@H]1C=CC=C(C2=C(\C)[C@H](C)/C(c3ccccc3-c3cccc(-c4ccc5c6ccccc6c6ccccc6c5c4)c3)=C\[C@H](CC)/C(c3ccncc3)=C\2)C=C1. The molecule has 1 heteroatoms. The minimum atomic E-state index is 0.195. The Labute approximate surface area is 337 Å². The van der Waals surface area contributed by atoms with E-state index in [1.165, 1.54) is 93.6 Å². The fraction of sp³-hybridized carbons (Fsp3) is 0.161. The Morgan fingerprint density at radius 2 is 1.18 bits per heavy atom. The van der Waals surface area contributed by atoms with E-state index in [0.29, 0.717) is 5.92 Å². The molecular formula is C56H49N. The molecule has 0 N–H and O–H groups in total. The van der Waals surface area contributed by atoms with Crippen LogP contribution in [0.15, 0.2) is 199 Å². The summed E-state index contributed by atoms with van der Waals surface area (Å²) >= 11 is 0. The minimum Gasteiger partial charge on any atom is -0.265 e. The molecule has 0 spiro atoms. The monoisotopic (exact) mass is 735 g/mol. The number of nitrogens with zero attached hydrogens (tertiary/aromatic N) is 1. The predicted molar refractivity (Wildman–Crippen MR) is 246 cm³/mol. The van der Waals surface area contributed by atoms with Crippen molar-refractivity contribution in [3.05, 3.63) is 210 Å². The quantitative estimate of drug-likeness (QED) is 0.149. The molecule has 0 saturated heterocycles. The zero-order chi connectivity index (χ0) is 38.9. The molecule has 0 radical (unpaired) electrons. The van der Waals surface area contributed by atoms with Crippen LogP contribution < -0.4 is 0 Å². The fourth-order valence-corrected chi connectivity index (χ4v) is 9.15. The second kappa shape index (κ2) is 15.7. The molecule has 0 bridgehead atoms. The van der Waals surface area contributed by atoms with Crippen molar-refractivity contribution in [1.82, 2.24) is 4.98 Å². The molecule has 0 saturated carbocycles. The first-order chi connectivity index (χ1) is 28.0. The number of pyridine rings is 1. The van der Waals surface area contributed by atoms with Crippen LogP contribution in [-0.4, -0.2) is 4.98 Å². The van der Waals surface area contributed by atoms with Crippen molar-refractivity contribution < 1.29 is 0 Å². The van der Waals surface area contributed by atoms with Crippen LogP contribution in [0.2, 0.25) is 0 Å². The van der Waals surface area contributed by atoms with Crippen LogP contribution in [0, 0.1) is 17.8 Å². The summed E-state index contributed by atoms with van der Waals surface area (Å²) in [5.74, 6) is 0.871. The van der Waals surface area contributed by atoms with Crippen molar-refractivity contribution in [3.63, 3.8) is 0 Å². The Kier molecular flexibility index (Phi) is 9.99. The lowest BCUT2D eigenvalue weighted by molar-refractivity contribution is 0.772. The molecule has 0 aliphatic heterocycles. The molecular weight excluding hydrogens is 687 g/mol. The van der Waals surface area contributed by atoms with E-state index in [9.17, 15) is 0 Å². The Balaban J connectivity index is 1.18. The topological polar surface area (TPSA) is 12.9 Å². The highest BCUT2D eigenvalue weighted by molar-refractivity contribution is 6.25. The van der Waals surface area contributed by atoms with Crippen molar-refractivity contribution in [2.75, 3.05) is 0 Å². The maximum Gasteiger partial charge on any atom is 0.0273 e. The van der Waals surface area contributed by atoms with Gasteiger partial charge in [-0.15, -0.1) is 0 Å². The van der Waals surface area contributed by atoms with Gasteiger partial charge in [-0.3, -0.25) is 4.98 Å². The Morgan fingerprint density at radius 3 is 1.88 bits per heavy atom. The van der Waals surface area contributed by atoms with Crippen molar-refractivity contribution >= 4 is 43.5 Å². The van der Waals surface area contributed by atoms with Crippen LogP contribution in [0.4, 0.5) is 0 Å². The first kappa shape index (κ1) is 36.3. The third-order valence-corrected chi connectivity index (χ3v) is 12.5. The molecule has 278 valence electrons. The lowest BCUT2D eigenvalue weighted by Crippen LogP contribution is -2.12. The van der Waals surface area contributed by atoms with Crippen molar-refractivity contribution in [1.29, 1.82) is 0 Å². The molecule has 1 heterocycles. The molecule has 3 atom stereocenters. The van der Waals surface area contributed by atoms with Crippen LogP contribution in [0.5, 0.6) is 0 Å². The van der Waals surface area contributed by atoms with Crippen LogP contribution in [0.3, 0.4) is 0 Å². The van der Waals surface area contributed by atoms with E-state index in [2.05, 4.69) is 203 Å². The van der Waals surface area contributed by atoms with E-state index in [1.807, 2.05) is 12.4 Å². The molecule has 7 aromatic rings. The van der Waals surface area contributed by atoms with Gasteiger partial charge in [0.2, 0.25) is 0 Å². The zero-order valence-corrected chi connectivity index (χ0v) is 33.4. The number of benzene rings is 6. The maximum atomic E-state index is 4.39. The lowest BCUT2D eigenvalue weighted by Gasteiger charge is -2.29. The number of hydrogen-bond donors (Lipinski definition) is 0. The standard InChI is InChI=1S/C56H49N/c1-5-39-15-13-16-41(26-25-39)53-36-55(42-29-31-57-32-30-42)40(6-2)34-54(38(4)37(53)3)47-20-8-7-19-46(47)45-18-14-17-43(33-45)44-27-28-52-50-23-10-9-21-48(50)49-22-11-12-24-51(49)56(52)35-44/h7-36,38-40H,5-6H2,1-4H3/b53-37+,54-34+,55-36+/t38-,39-,40-/m0/s1. The molecule has 2 aliphatic carbocycles. The van der Waals surface area contributed by atoms with E-state index in [4.69, 9.17) is 0 Å². The summed E-state index contributed by atoms with van der Waals surface area (Å²) in [5, 5.41) is 7.79. The summed E-state index contributed by atoms with van der Waals surface area (Å²) < 4.78 is 0. The van der Waals surface area contributed by atoms with Gasteiger partial charge in [0.25, 0.3) is 0 Å². The van der Waals surface area contributed by atoms with Crippen molar-refractivity contribution in [2.24, 2.45) is 17.8 Å². The van der Waals surface area contributed by atoms with E-state index >= 15 is 0 Å². The van der Waals surface area contributed by atoms with E-state index < -0.39 is 0 Å². The third kappa shape index (κ3) is 6.82. The van der Waals surface area contributed by atoms with Crippen molar-refractivity contribution in [2.45, 2.75) is 40.5 Å². The first-order valence-corrected chi connectivity index (χ1v) is 20.7. The normalized spacial score (nSPS) is 21.7. The first-order valence-electron chi connectivity index (χ1n) is 20.7. The van der Waals surface area contributed by atoms with Gasteiger partial charge in [-0.25, -0.2) is 0 Å². The van der Waals surface area contributed by atoms with Gasteiger partial charge in [0.1, 0.15) is 0 Å². The van der Waals surface area contributed by atoms with Gasteiger partial charge in [-0.05, 0) is 144 Å². The fourth-order valence-electron chi connectivity index (χ4n) is 9.15. The summed E-state index contributed by atoms with van der Waals surface area (Å²) in [4.78, 5) is 4.39. The highest BCUT2D eigenvalue weighted by Crippen LogP contribution is 2.44.